The summed E-state index contributed by atoms with van der Waals surface area (Å²) in [7, 11) is 3.14. The normalized spacial score (nSPS) is 12.0. The third-order valence-corrected chi connectivity index (χ3v) is 3.32. The van der Waals surface area contributed by atoms with E-state index in [2.05, 4.69) is 17.2 Å². The van der Waals surface area contributed by atoms with Gasteiger partial charge in [0.05, 0.1) is 14.2 Å². The van der Waals surface area contributed by atoms with Crippen LogP contribution in [0, 0.1) is 0 Å². The Balaban J connectivity index is 1.98. The van der Waals surface area contributed by atoms with Gasteiger partial charge in [0.1, 0.15) is 0 Å². The van der Waals surface area contributed by atoms with Crippen LogP contribution >= 0.6 is 0 Å². The number of ether oxygens (including phenoxy) is 2. The molecule has 2 aromatic rings. The molecule has 1 atom stereocenters. The average Bonchev–Trinajstić information content (AvgIpc) is 2.53. The summed E-state index contributed by atoms with van der Waals surface area (Å²) in [6, 6.07) is 9.29. The molecule has 0 aliphatic carbocycles. The monoisotopic (exact) mass is 288 g/mol. The Bertz CT molecular complexity index is 585. The molecule has 0 aliphatic rings. The zero-order chi connectivity index (χ0) is 15.2. The number of nitrogens with one attached hydrogen (secondary N) is 1. The van der Waals surface area contributed by atoms with E-state index in [1.807, 2.05) is 24.3 Å². The molecule has 1 heterocycles. The summed E-state index contributed by atoms with van der Waals surface area (Å²) in [5.41, 5.74) is 2.12. The number of rotatable bonds is 6. The van der Waals surface area contributed by atoms with E-state index in [-0.39, 0.29) is 11.8 Å². The number of pyridine rings is 1. The van der Waals surface area contributed by atoms with Crippen LogP contribution in [0.2, 0.25) is 0 Å². The van der Waals surface area contributed by atoms with Gasteiger partial charge in [-0.1, -0.05) is 12.1 Å². The van der Waals surface area contributed by atoms with Gasteiger partial charge in [-0.25, -0.2) is 4.98 Å². The fourth-order valence-corrected chi connectivity index (χ4v) is 1.99. The van der Waals surface area contributed by atoms with Crippen LogP contribution in [0.3, 0.4) is 0 Å². The fraction of sp³-hybridized carbons (Fsp3) is 0.312. The Kier molecular flexibility index (Phi) is 5.00. The molecule has 0 saturated carbocycles. The Morgan fingerprint density at radius 1 is 1.19 bits per heavy atom. The van der Waals surface area contributed by atoms with Gasteiger partial charge in [-0.05, 0) is 30.2 Å². The second-order valence-corrected chi connectivity index (χ2v) is 4.74. The molecule has 112 valence electrons. The lowest BCUT2D eigenvalue weighted by atomic mass is 10.1. The van der Waals surface area contributed by atoms with Gasteiger partial charge in [0.25, 0.3) is 0 Å². The molecule has 0 spiro atoms. The van der Waals surface area contributed by atoms with Crippen molar-refractivity contribution in [1.82, 2.24) is 10.3 Å². The molecule has 0 bridgehead atoms. The predicted octanol–water partition coefficient (Wildman–Crippen LogP) is 2.66. The van der Waals surface area contributed by atoms with Crippen LogP contribution in [0.1, 0.15) is 24.1 Å². The van der Waals surface area contributed by atoms with Crippen molar-refractivity contribution in [2.75, 3.05) is 14.2 Å². The van der Waals surface area contributed by atoms with Crippen molar-refractivity contribution in [3.05, 3.63) is 47.7 Å². The maximum Gasteiger partial charge on any atom is 0.212 e. The van der Waals surface area contributed by atoms with Crippen molar-refractivity contribution in [1.29, 1.82) is 0 Å². The van der Waals surface area contributed by atoms with E-state index in [1.165, 1.54) is 0 Å². The quantitative estimate of drug-likeness (QED) is 0.855. The third kappa shape index (κ3) is 3.86. The summed E-state index contributed by atoms with van der Waals surface area (Å²) < 4.78 is 10.2. The Morgan fingerprint density at radius 2 is 2.00 bits per heavy atom. The number of methoxy groups -OCH3 is 2. The molecule has 5 nitrogen and oxygen atoms in total. The lowest BCUT2D eigenvalue weighted by Gasteiger charge is -2.15. The molecule has 2 N–H and O–H groups in total. The van der Waals surface area contributed by atoms with Crippen LogP contribution in [0.4, 0.5) is 0 Å². The van der Waals surface area contributed by atoms with Gasteiger partial charge < -0.3 is 19.9 Å². The van der Waals surface area contributed by atoms with E-state index < -0.39 is 0 Å². The minimum absolute atomic E-state index is 0.126. The maximum atomic E-state index is 9.61. The first-order valence-electron chi connectivity index (χ1n) is 6.73. The van der Waals surface area contributed by atoms with Gasteiger partial charge in [-0.3, -0.25) is 0 Å². The van der Waals surface area contributed by atoms with Crippen molar-refractivity contribution in [2.45, 2.75) is 19.5 Å². The van der Waals surface area contributed by atoms with Gasteiger partial charge in [0.15, 0.2) is 11.5 Å². The number of nitrogens with zero attached hydrogens (tertiary/aromatic N) is 1. The van der Waals surface area contributed by atoms with Gasteiger partial charge in [-0.15, -0.1) is 0 Å². The second-order valence-electron chi connectivity index (χ2n) is 4.74. The average molecular weight is 288 g/mol. The van der Waals surface area contributed by atoms with Crippen molar-refractivity contribution in [2.24, 2.45) is 0 Å². The molecule has 0 amide bonds. The Morgan fingerprint density at radius 3 is 2.62 bits per heavy atom. The summed E-state index contributed by atoms with van der Waals surface area (Å²) in [4.78, 5) is 4.17. The zero-order valence-electron chi connectivity index (χ0n) is 12.5. The van der Waals surface area contributed by atoms with Gasteiger partial charge in [0, 0.05) is 24.8 Å². The fourth-order valence-electron chi connectivity index (χ4n) is 1.99. The van der Waals surface area contributed by atoms with Gasteiger partial charge in [-0.2, -0.15) is 0 Å². The zero-order valence-corrected chi connectivity index (χ0v) is 12.5. The highest BCUT2D eigenvalue weighted by molar-refractivity contribution is 5.42. The summed E-state index contributed by atoms with van der Waals surface area (Å²) in [6.45, 7) is 2.75. The highest BCUT2D eigenvalue weighted by atomic mass is 16.5. The lowest BCUT2D eigenvalue weighted by Crippen LogP contribution is -2.18. The number of hydrogen-bond acceptors (Lipinski definition) is 5. The van der Waals surface area contributed by atoms with Crippen molar-refractivity contribution in [3.63, 3.8) is 0 Å². The molecule has 0 radical (unpaired) electrons. The molecule has 5 heteroatoms. The van der Waals surface area contributed by atoms with E-state index in [4.69, 9.17) is 9.47 Å². The number of phenols is 1. The van der Waals surface area contributed by atoms with E-state index >= 15 is 0 Å². The Labute approximate surface area is 124 Å². The van der Waals surface area contributed by atoms with Crippen LogP contribution in [-0.4, -0.2) is 24.3 Å². The first kappa shape index (κ1) is 15.1. The number of aromatic hydroxyl groups is 1. The van der Waals surface area contributed by atoms with Gasteiger partial charge >= 0.3 is 0 Å². The predicted molar refractivity (Wildman–Crippen MR) is 80.7 cm³/mol. The molecule has 2 rings (SSSR count). The molecular formula is C16H20N2O3. The van der Waals surface area contributed by atoms with Gasteiger partial charge in [0.2, 0.25) is 5.88 Å². The molecule has 0 aliphatic heterocycles. The van der Waals surface area contributed by atoms with Crippen LogP contribution in [-0.2, 0) is 6.54 Å². The van der Waals surface area contributed by atoms with Crippen LogP contribution in [0.15, 0.2) is 36.5 Å². The summed E-state index contributed by atoms with van der Waals surface area (Å²) in [6.07, 6.45) is 1.79. The smallest absolute Gasteiger partial charge is 0.212 e. The van der Waals surface area contributed by atoms with Crippen molar-refractivity contribution >= 4 is 0 Å². The standard InChI is InChI=1S/C16H20N2O3/c1-11(13-5-6-14(19)15(8-13)20-2)17-9-12-4-7-16(21-3)18-10-12/h4-8,10-11,17,19H,9H2,1-3H3. The largest absolute Gasteiger partial charge is 0.504 e. The minimum Gasteiger partial charge on any atom is -0.504 e. The molecule has 21 heavy (non-hydrogen) atoms. The lowest BCUT2D eigenvalue weighted by molar-refractivity contribution is 0.372. The summed E-state index contributed by atoms with van der Waals surface area (Å²) in [5.74, 6) is 1.23. The van der Waals surface area contributed by atoms with E-state index in [1.54, 1.807) is 26.5 Å². The SMILES string of the molecule is COc1ccc(CNC(C)c2ccc(O)c(OC)c2)cn1. The number of hydrogen-bond donors (Lipinski definition) is 2. The van der Waals surface area contributed by atoms with E-state index in [9.17, 15) is 5.11 Å². The summed E-state index contributed by atoms with van der Waals surface area (Å²) in [5, 5.41) is 13.0. The first-order valence-corrected chi connectivity index (χ1v) is 6.73. The molecule has 1 aromatic heterocycles. The molecule has 0 saturated heterocycles. The molecule has 1 unspecified atom stereocenters. The second kappa shape index (κ2) is 6.95. The van der Waals surface area contributed by atoms with Crippen LogP contribution in [0.5, 0.6) is 17.4 Å². The Hall–Kier alpha value is -2.27. The molecule has 0 fully saturated rings. The number of aromatic nitrogens is 1. The maximum absolute atomic E-state index is 9.61. The van der Waals surface area contributed by atoms with E-state index in [0.29, 0.717) is 18.2 Å². The van der Waals surface area contributed by atoms with E-state index in [0.717, 1.165) is 11.1 Å². The molecular weight excluding hydrogens is 268 g/mol. The molecule has 1 aromatic carbocycles. The first-order chi connectivity index (χ1) is 10.1. The summed E-state index contributed by atoms with van der Waals surface area (Å²) >= 11 is 0. The highest BCUT2D eigenvalue weighted by Crippen LogP contribution is 2.28. The third-order valence-electron chi connectivity index (χ3n) is 3.32. The number of benzene rings is 1. The van der Waals surface area contributed by atoms with Crippen LogP contribution < -0.4 is 14.8 Å². The van der Waals surface area contributed by atoms with Crippen molar-refractivity contribution < 1.29 is 14.6 Å². The topological polar surface area (TPSA) is 63.6 Å². The number of phenolic OH excluding ortho intramolecular Hbond substituents is 1. The highest BCUT2D eigenvalue weighted by Gasteiger charge is 2.09. The van der Waals surface area contributed by atoms with Crippen molar-refractivity contribution in [3.8, 4) is 17.4 Å². The van der Waals surface area contributed by atoms with Crippen LogP contribution in [0.25, 0.3) is 0 Å². The minimum atomic E-state index is 0.126.